The molecule has 0 aliphatic heterocycles. The van der Waals surface area contributed by atoms with Gasteiger partial charge in [0.2, 0.25) is 0 Å². The third kappa shape index (κ3) is 0.928. The maximum atomic E-state index is 10.3. The van der Waals surface area contributed by atoms with Gasteiger partial charge in [0.05, 0.1) is 0 Å². The zero-order chi connectivity index (χ0) is 7.72. The Morgan fingerprint density at radius 1 is 1.90 bits per heavy atom. The number of nitrogen functional groups attached to an aromatic ring is 1. The Labute approximate surface area is 57.1 Å². The summed E-state index contributed by atoms with van der Waals surface area (Å²) in [6.07, 6.45) is 0. The molecule has 0 radical (unpaired) electrons. The van der Waals surface area contributed by atoms with Crippen LogP contribution in [0.15, 0.2) is 6.07 Å². The molecular weight excluding hydrogens is 134 g/mol. The lowest BCUT2D eigenvalue weighted by molar-refractivity contribution is 0.0685. The van der Waals surface area contributed by atoms with E-state index in [1.165, 1.54) is 17.8 Å². The highest BCUT2D eigenvalue weighted by molar-refractivity contribution is 5.86. The van der Waals surface area contributed by atoms with Gasteiger partial charge in [-0.05, 0) is 0 Å². The summed E-state index contributed by atoms with van der Waals surface area (Å²) in [6.45, 7) is 0. The minimum atomic E-state index is -1.02. The quantitative estimate of drug-likeness (QED) is 0.562. The van der Waals surface area contributed by atoms with Crippen molar-refractivity contribution in [3.63, 3.8) is 0 Å². The second kappa shape index (κ2) is 2.02. The Bertz CT molecular complexity index is 266. The van der Waals surface area contributed by atoms with Crippen LogP contribution in [-0.4, -0.2) is 20.9 Å². The average Bonchev–Trinajstić information content (AvgIpc) is 2.10. The van der Waals surface area contributed by atoms with Gasteiger partial charge in [0, 0.05) is 13.1 Å². The Morgan fingerprint density at radius 2 is 2.50 bits per heavy atom. The summed E-state index contributed by atoms with van der Waals surface area (Å²) in [7, 11) is 1.53. The van der Waals surface area contributed by atoms with E-state index in [0.29, 0.717) is 0 Å². The fraction of sp³-hybridized carbons (Fsp3) is 0.200. The van der Waals surface area contributed by atoms with Crippen LogP contribution in [0.4, 0.5) is 5.82 Å². The molecule has 0 atom stereocenters. The van der Waals surface area contributed by atoms with Gasteiger partial charge in [-0.2, -0.15) is 5.10 Å². The first kappa shape index (κ1) is 6.60. The van der Waals surface area contributed by atoms with Gasteiger partial charge in [-0.15, -0.1) is 0 Å². The SMILES string of the molecule is Cn1nc(N)cc1C(=O)O. The molecule has 0 spiro atoms. The largest absolute Gasteiger partial charge is 0.477 e. The highest BCUT2D eigenvalue weighted by Gasteiger charge is 2.08. The van der Waals surface area contributed by atoms with Crippen LogP contribution in [0.1, 0.15) is 10.5 Å². The first-order valence-electron chi connectivity index (χ1n) is 2.64. The predicted molar refractivity (Wildman–Crippen MR) is 34.6 cm³/mol. The Kier molecular flexibility index (Phi) is 1.33. The molecule has 10 heavy (non-hydrogen) atoms. The highest BCUT2D eigenvalue weighted by atomic mass is 16.4. The molecule has 1 rings (SSSR count). The lowest BCUT2D eigenvalue weighted by Crippen LogP contribution is -2.04. The minimum Gasteiger partial charge on any atom is -0.477 e. The van der Waals surface area contributed by atoms with Crippen molar-refractivity contribution < 1.29 is 9.90 Å². The maximum absolute atomic E-state index is 10.3. The second-order valence-electron chi connectivity index (χ2n) is 1.88. The van der Waals surface area contributed by atoms with Crippen molar-refractivity contribution in [2.45, 2.75) is 0 Å². The Morgan fingerprint density at radius 3 is 2.70 bits per heavy atom. The summed E-state index contributed by atoms with van der Waals surface area (Å²) < 4.78 is 1.22. The van der Waals surface area contributed by atoms with Crippen LogP contribution in [0.2, 0.25) is 0 Å². The van der Waals surface area contributed by atoms with Crippen molar-refractivity contribution in [3.05, 3.63) is 11.8 Å². The monoisotopic (exact) mass is 141 g/mol. The Balaban J connectivity index is 3.15. The number of anilines is 1. The van der Waals surface area contributed by atoms with Crippen molar-refractivity contribution in [3.8, 4) is 0 Å². The third-order valence-electron chi connectivity index (χ3n) is 1.12. The molecule has 0 aliphatic carbocycles. The van der Waals surface area contributed by atoms with Crippen LogP contribution in [0.3, 0.4) is 0 Å². The minimum absolute atomic E-state index is 0.0949. The number of carboxylic acid groups (broad SMARTS) is 1. The first-order valence-corrected chi connectivity index (χ1v) is 2.64. The fourth-order valence-corrected chi connectivity index (χ4v) is 0.690. The molecule has 0 saturated carbocycles. The Hall–Kier alpha value is -1.52. The molecule has 0 bridgehead atoms. The number of hydrogen-bond donors (Lipinski definition) is 2. The molecule has 0 unspecified atom stereocenters. The van der Waals surface area contributed by atoms with Crippen LogP contribution < -0.4 is 5.73 Å². The smallest absolute Gasteiger partial charge is 0.354 e. The molecule has 1 aromatic rings. The number of aryl methyl sites for hydroxylation is 1. The van der Waals surface area contributed by atoms with Gasteiger partial charge in [0.15, 0.2) is 0 Å². The molecule has 0 aromatic carbocycles. The normalized spacial score (nSPS) is 9.70. The third-order valence-corrected chi connectivity index (χ3v) is 1.12. The van der Waals surface area contributed by atoms with E-state index in [4.69, 9.17) is 10.8 Å². The zero-order valence-corrected chi connectivity index (χ0v) is 5.40. The van der Waals surface area contributed by atoms with Gasteiger partial charge in [0.1, 0.15) is 11.5 Å². The fourth-order valence-electron chi connectivity index (χ4n) is 0.690. The van der Waals surface area contributed by atoms with Crippen molar-refractivity contribution in [1.82, 2.24) is 9.78 Å². The standard InChI is InChI=1S/C5H7N3O2/c1-8-3(5(9)10)2-4(6)7-8/h2H,1H3,(H2,6,7)(H,9,10). The van der Waals surface area contributed by atoms with E-state index >= 15 is 0 Å². The number of rotatable bonds is 1. The topological polar surface area (TPSA) is 81.1 Å². The first-order chi connectivity index (χ1) is 4.61. The number of carbonyl (C=O) groups is 1. The molecular formula is C5H7N3O2. The number of aromatic nitrogens is 2. The van der Waals surface area contributed by atoms with Crippen molar-refractivity contribution in [2.75, 3.05) is 5.73 Å². The molecule has 0 aliphatic rings. The number of nitrogens with zero attached hydrogens (tertiary/aromatic N) is 2. The predicted octanol–water partition coefficient (Wildman–Crippen LogP) is -0.300. The van der Waals surface area contributed by atoms with Crippen LogP contribution in [0.5, 0.6) is 0 Å². The van der Waals surface area contributed by atoms with Crippen LogP contribution in [0.25, 0.3) is 0 Å². The van der Waals surface area contributed by atoms with Crippen LogP contribution >= 0.6 is 0 Å². The zero-order valence-electron chi connectivity index (χ0n) is 5.40. The van der Waals surface area contributed by atoms with E-state index in [1.54, 1.807) is 0 Å². The molecule has 0 amide bonds. The van der Waals surface area contributed by atoms with E-state index in [1.807, 2.05) is 0 Å². The number of carboxylic acids is 1. The maximum Gasteiger partial charge on any atom is 0.354 e. The summed E-state index contributed by atoms with van der Waals surface area (Å²) in [4.78, 5) is 10.3. The van der Waals surface area contributed by atoms with Crippen molar-refractivity contribution in [1.29, 1.82) is 0 Å². The van der Waals surface area contributed by atoms with Crippen LogP contribution in [0, 0.1) is 0 Å². The molecule has 0 fully saturated rings. The van der Waals surface area contributed by atoms with Gasteiger partial charge in [0.25, 0.3) is 0 Å². The number of hydrogen-bond acceptors (Lipinski definition) is 3. The van der Waals surface area contributed by atoms with E-state index in [0.717, 1.165) is 0 Å². The summed E-state index contributed by atoms with van der Waals surface area (Å²) in [5, 5.41) is 12.1. The van der Waals surface area contributed by atoms with Gasteiger partial charge in [-0.25, -0.2) is 4.79 Å². The molecule has 3 N–H and O–H groups in total. The molecule has 54 valence electrons. The van der Waals surface area contributed by atoms with E-state index in [2.05, 4.69) is 5.10 Å². The van der Waals surface area contributed by atoms with Gasteiger partial charge >= 0.3 is 5.97 Å². The van der Waals surface area contributed by atoms with Gasteiger partial charge in [-0.1, -0.05) is 0 Å². The lowest BCUT2D eigenvalue weighted by Gasteiger charge is -1.90. The molecule has 5 nitrogen and oxygen atoms in total. The van der Waals surface area contributed by atoms with E-state index < -0.39 is 5.97 Å². The molecule has 1 aromatic heterocycles. The molecule has 0 saturated heterocycles. The van der Waals surface area contributed by atoms with Gasteiger partial charge in [-0.3, -0.25) is 4.68 Å². The van der Waals surface area contributed by atoms with Crippen molar-refractivity contribution in [2.24, 2.45) is 7.05 Å². The molecule has 5 heteroatoms. The summed E-state index contributed by atoms with van der Waals surface area (Å²) in [5.74, 6) is -0.799. The van der Waals surface area contributed by atoms with E-state index in [9.17, 15) is 4.79 Å². The summed E-state index contributed by atoms with van der Waals surface area (Å²) in [5.41, 5.74) is 5.32. The number of aromatic carboxylic acids is 1. The van der Waals surface area contributed by atoms with E-state index in [-0.39, 0.29) is 11.5 Å². The average molecular weight is 141 g/mol. The molecule has 1 heterocycles. The summed E-state index contributed by atoms with van der Waals surface area (Å²) in [6, 6.07) is 1.31. The van der Waals surface area contributed by atoms with Crippen LogP contribution in [-0.2, 0) is 7.05 Å². The van der Waals surface area contributed by atoms with Gasteiger partial charge < -0.3 is 10.8 Å². The summed E-state index contributed by atoms with van der Waals surface area (Å²) >= 11 is 0. The second-order valence-corrected chi connectivity index (χ2v) is 1.88. The number of nitrogens with two attached hydrogens (primary N) is 1. The highest BCUT2D eigenvalue weighted by Crippen LogP contribution is 2.02. The van der Waals surface area contributed by atoms with Crippen molar-refractivity contribution >= 4 is 11.8 Å². The lowest BCUT2D eigenvalue weighted by atomic mass is 10.4.